The topological polar surface area (TPSA) is 102 Å². The first-order valence-corrected chi connectivity index (χ1v) is 9.01. The summed E-state index contributed by atoms with van der Waals surface area (Å²) in [6, 6.07) is 5.55. The molecular formula is C19H22FN5O3. The Labute approximate surface area is 162 Å². The van der Waals surface area contributed by atoms with Gasteiger partial charge in [0.25, 0.3) is 0 Å². The summed E-state index contributed by atoms with van der Waals surface area (Å²) in [5, 5.41) is 0.922. The number of nitrogens with two attached hydrogens (primary N) is 1. The lowest BCUT2D eigenvalue weighted by Crippen LogP contribution is -2.42. The Morgan fingerprint density at radius 3 is 2.89 bits per heavy atom. The van der Waals surface area contributed by atoms with E-state index in [4.69, 9.17) is 10.6 Å². The number of nitrogens with zero attached hydrogens (tertiary/aromatic N) is 4. The van der Waals surface area contributed by atoms with Crippen LogP contribution in [0.5, 0.6) is 5.75 Å². The molecule has 9 heteroatoms. The van der Waals surface area contributed by atoms with Gasteiger partial charge in [-0.15, -0.1) is 0 Å². The third-order valence-electron chi connectivity index (χ3n) is 4.62. The number of ether oxygens (including phenoxy) is 1. The molecule has 2 aromatic rings. The number of carbonyl (C=O) groups excluding carboxylic acids is 2. The van der Waals surface area contributed by atoms with Crippen molar-refractivity contribution in [2.45, 2.75) is 25.7 Å². The lowest BCUT2D eigenvalue weighted by Gasteiger charge is -2.27. The molecular weight excluding hydrogens is 365 g/mol. The number of anilines is 1. The summed E-state index contributed by atoms with van der Waals surface area (Å²) in [4.78, 5) is 34.1. The van der Waals surface area contributed by atoms with E-state index in [0.29, 0.717) is 36.5 Å². The minimum atomic E-state index is -0.442. The fraction of sp³-hybridized carbons (Fsp3) is 0.368. The average Bonchev–Trinajstić information content (AvgIpc) is 2.72. The number of hydrogen-bond acceptors (Lipinski definition) is 6. The predicted octanol–water partition coefficient (Wildman–Crippen LogP) is 1.90. The lowest BCUT2D eigenvalue weighted by molar-refractivity contribution is -0.133. The van der Waals surface area contributed by atoms with Gasteiger partial charge >= 0.3 is 0 Å². The van der Waals surface area contributed by atoms with Gasteiger partial charge in [0.05, 0.1) is 12.8 Å². The maximum absolute atomic E-state index is 13.6. The van der Waals surface area contributed by atoms with Crippen molar-refractivity contribution in [2.75, 3.05) is 25.2 Å². The number of benzene rings is 1. The molecule has 1 aliphatic heterocycles. The van der Waals surface area contributed by atoms with Crippen LogP contribution >= 0.6 is 0 Å². The van der Waals surface area contributed by atoms with Crippen LogP contribution in [0.15, 0.2) is 30.6 Å². The molecule has 0 radical (unpaired) electrons. The molecule has 0 spiro atoms. The summed E-state index contributed by atoms with van der Waals surface area (Å²) in [7, 11) is 1.47. The van der Waals surface area contributed by atoms with Crippen molar-refractivity contribution in [3.8, 4) is 17.0 Å². The smallest absolute Gasteiger partial charge is 0.244 e. The van der Waals surface area contributed by atoms with Gasteiger partial charge in [0.15, 0.2) is 5.82 Å². The van der Waals surface area contributed by atoms with Crippen LogP contribution in [0.2, 0.25) is 0 Å². The molecule has 0 aliphatic carbocycles. The molecule has 0 saturated carbocycles. The second-order valence-corrected chi connectivity index (χ2v) is 6.46. The number of rotatable bonds is 6. The van der Waals surface area contributed by atoms with Gasteiger partial charge < -0.3 is 9.64 Å². The SMILES string of the molecule is COc1ccc(F)cc1-c1cc(N(N)C(=O)CCN2CCCCC2=O)ncn1. The number of aromatic nitrogens is 2. The average molecular weight is 387 g/mol. The minimum absolute atomic E-state index is 0.0603. The molecule has 2 N–H and O–H groups in total. The van der Waals surface area contributed by atoms with Crippen molar-refractivity contribution >= 4 is 17.6 Å². The maximum atomic E-state index is 13.6. The van der Waals surface area contributed by atoms with Gasteiger partial charge in [-0.1, -0.05) is 0 Å². The number of carbonyl (C=O) groups is 2. The van der Waals surface area contributed by atoms with Gasteiger partial charge in [-0.2, -0.15) is 0 Å². The second kappa shape index (κ2) is 8.75. The van der Waals surface area contributed by atoms with Crippen LogP contribution in [-0.2, 0) is 9.59 Å². The Kier molecular flexibility index (Phi) is 6.15. The molecule has 1 aliphatic rings. The van der Waals surface area contributed by atoms with E-state index in [9.17, 15) is 14.0 Å². The zero-order chi connectivity index (χ0) is 20.1. The van der Waals surface area contributed by atoms with Gasteiger partial charge in [-0.25, -0.2) is 25.2 Å². The number of hydrazine groups is 1. The van der Waals surface area contributed by atoms with Crippen LogP contribution in [0.25, 0.3) is 11.3 Å². The summed E-state index contributed by atoms with van der Waals surface area (Å²) in [5.41, 5.74) is 0.793. The molecule has 2 heterocycles. The van der Waals surface area contributed by atoms with E-state index in [1.54, 1.807) is 4.90 Å². The van der Waals surface area contributed by atoms with Crippen molar-refractivity contribution in [1.82, 2.24) is 14.9 Å². The summed E-state index contributed by atoms with van der Waals surface area (Å²) < 4.78 is 18.9. The fourth-order valence-corrected chi connectivity index (χ4v) is 3.08. The van der Waals surface area contributed by atoms with Crippen LogP contribution < -0.4 is 15.6 Å². The Balaban J connectivity index is 1.73. The van der Waals surface area contributed by atoms with Crippen molar-refractivity contribution in [3.05, 3.63) is 36.4 Å². The lowest BCUT2D eigenvalue weighted by atomic mass is 10.1. The molecule has 1 saturated heterocycles. The molecule has 0 bridgehead atoms. The van der Waals surface area contributed by atoms with Crippen LogP contribution in [0.1, 0.15) is 25.7 Å². The Morgan fingerprint density at radius 2 is 2.14 bits per heavy atom. The zero-order valence-electron chi connectivity index (χ0n) is 15.6. The zero-order valence-corrected chi connectivity index (χ0v) is 15.6. The number of hydrogen-bond donors (Lipinski definition) is 1. The van der Waals surface area contributed by atoms with Crippen molar-refractivity contribution < 1.29 is 18.7 Å². The number of piperidine rings is 1. The second-order valence-electron chi connectivity index (χ2n) is 6.46. The predicted molar refractivity (Wildman–Crippen MR) is 101 cm³/mol. The largest absolute Gasteiger partial charge is 0.496 e. The quantitative estimate of drug-likeness (QED) is 0.461. The highest BCUT2D eigenvalue weighted by atomic mass is 19.1. The first-order valence-electron chi connectivity index (χ1n) is 9.01. The van der Waals surface area contributed by atoms with E-state index >= 15 is 0 Å². The Hall–Kier alpha value is -3.07. The minimum Gasteiger partial charge on any atom is -0.496 e. The third-order valence-corrected chi connectivity index (χ3v) is 4.62. The highest BCUT2D eigenvalue weighted by Gasteiger charge is 2.21. The molecule has 0 unspecified atom stereocenters. The monoisotopic (exact) mass is 387 g/mol. The summed E-state index contributed by atoms with van der Waals surface area (Å²) in [6.45, 7) is 0.981. The van der Waals surface area contributed by atoms with Gasteiger partial charge in [0.2, 0.25) is 11.8 Å². The van der Waals surface area contributed by atoms with Crippen molar-refractivity contribution in [2.24, 2.45) is 5.84 Å². The molecule has 148 valence electrons. The molecule has 2 amide bonds. The summed E-state index contributed by atoms with van der Waals surface area (Å²) >= 11 is 0. The maximum Gasteiger partial charge on any atom is 0.244 e. The van der Waals surface area contributed by atoms with Gasteiger partial charge in [0.1, 0.15) is 17.9 Å². The highest BCUT2D eigenvalue weighted by Crippen LogP contribution is 2.30. The van der Waals surface area contributed by atoms with E-state index in [1.165, 1.54) is 37.7 Å². The standard InChI is InChI=1S/C19H22FN5O3/c1-28-16-6-5-13(20)10-14(16)15-11-17(23-12-22-15)25(21)19(27)7-9-24-8-3-2-4-18(24)26/h5-6,10-12H,2-4,7-9,21H2,1H3. The van der Waals surface area contributed by atoms with E-state index in [1.807, 2.05) is 0 Å². The van der Waals surface area contributed by atoms with E-state index in [-0.39, 0.29) is 24.1 Å². The number of likely N-dealkylation sites (tertiary alicyclic amines) is 1. The normalized spacial score (nSPS) is 14.1. The van der Waals surface area contributed by atoms with Crippen LogP contribution in [-0.4, -0.2) is 46.9 Å². The van der Waals surface area contributed by atoms with E-state index in [2.05, 4.69) is 9.97 Å². The van der Waals surface area contributed by atoms with Crippen LogP contribution in [0.4, 0.5) is 10.2 Å². The molecule has 1 aromatic heterocycles. The number of methoxy groups -OCH3 is 1. The van der Waals surface area contributed by atoms with E-state index in [0.717, 1.165) is 17.9 Å². The highest BCUT2D eigenvalue weighted by molar-refractivity contribution is 5.92. The summed E-state index contributed by atoms with van der Waals surface area (Å²) in [6.07, 6.45) is 3.68. The van der Waals surface area contributed by atoms with Gasteiger partial charge in [0, 0.05) is 37.6 Å². The molecule has 0 atom stereocenters. The molecule has 3 rings (SSSR count). The van der Waals surface area contributed by atoms with Crippen LogP contribution in [0, 0.1) is 5.82 Å². The number of halogens is 1. The first-order chi connectivity index (χ1) is 13.5. The van der Waals surface area contributed by atoms with E-state index < -0.39 is 5.82 Å². The molecule has 28 heavy (non-hydrogen) atoms. The number of amides is 2. The molecule has 8 nitrogen and oxygen atoms in total. The Morgan fingerprint density at radius 1 is 1.32 bits per heavy atom. The van der Waals surface area contributed by atoms with Gasteiger partial charge in [-0.3, -0.25) is 9.59 Å². The molecule has 1 fully saturated rings. The van der Waals surface area contributed by atoms with Crippen LogP contribution in [0.3, 0.4) is 0 Å². The van der Waals surface area contributed by atoms with Crippen molar-refractivity contribution in [3.63, 3.8) is 0 Å². The fourth-order valence-electron chi connectivity index (χ4n) is 3.08. The Bertz CT molecular complexity index is 876. The first kappa shape index (κ1) is 19.7. The third kappa shape index (κ3) is 4.42. The summed E-state index contributed by atoms with van der Waals surface area (Å²) in [5.74, 6) is 5.77. The van der Waals surface area contributed by atoms with Gasteiger partial charge in [-0.05, 0) is 31.0 Å². The molecule has 1 aromatic carbocycles. The van der Waals surface area contributed by atoms with Crippen molar-refractivity contribution in [1.29, 1.82) is 0 Å².